The van der Waals surface area contributed by atoms with Crippen LogP contribution in [-0.4, -0.2) is 38.8 Å². The zero-order chi connectivity index (χ0) is 12.4. The molecule has 0 amide bonds. The monoisotopic (exact) mass is 247 g/mol. The van der Waals surface area contributed by atoms with Gasteiger partial charge in [0.05, 0.1) is 17.0 Å². The molecule has 16 heavy (non-hydrogen) atoms. The Morgan fingerprint density at radius 1 is 1.44 bits per heavy atom. The molecule has 0 saturated carbocycles. The second-order valence-electron chi connectivity index (χ2n) is 4.49. The fourth-order valence-electron chi connectivity index (χ4n) is 1.11. The lowest BCUT2D eigenvalue weighted by molar-refractivity contribution is 0.263. The van der Waals surface area contributed by atoms with Gasteiger partial charge in [-0.1, -0.05) is 0 Å². The molecule has 0 bridgehead atoms. The van der Waals surface area contributed by atoms with Gasteiger partial charge >= 0.3 is 0 Å². The number of rotatable bonds is 4. The van der Waals surface area contributed by atoms with Gasteiger partial charge in [0.25, 0.3) is 0 Å². The Morgan fingerprint density at radius 3 is 2.56 bits per heavy atom. The van der Waals surface area contributed by atoms with E-state index in [1.807, 2.05) is 0 Å². The molecule has 1 rings (SSSR count). The van der Waals surface area contributed by atoms with Crippen molar-refractivity contribution in [1.82, 2.24) is 14.8 Å². The minimum atomic E-state index is -3.17. The number of aliphatic hydroxyl groups is 1. The molecule has 1 aromatic heterocycles. The Balaban J connectivity index is 2.73. The molecule has 0 radical (unpaired) electrons. The highest BCUT2D eigenvalue weighted by atomic mass is 32.2. The second kappa shape index (κ2) is 4.50. The number of nitrogens with zero attached hydrogens (tertiary/aromatic N) is 3. The lowest BCUT2D eigenvalue weighted by Crippen LogP contribution is -2.32. The highest BCUT2D eigenvalue weighted by molar-refractivity contribution is 7.92. The van der Waals surface area contributed by atoms with Crippen LogP contribution >= 0.6 is 0 Å². The van der Waals surface area contributed by atoms with Crippen molar-refractivity contribution in [3.05, 3.63) is 12.2 Å². The Morgan fingerprint density at radius 2 is 2.06 bits per heavy atom. The predicted molar refractivity (Wildman–Crippen MR) is 59.5 cm³/mol. The molecule has 0 aliphatic carbocycles. The van der Waals surface area contributed by atoms with E-state index in [-0.39, 0.29) is 18.9 Å². The van der Waals surface area contributed by atoms with Gasteiger partial charge < -0.3 is 5.11 Å². The molecule has 0 aromatic carbocycles. The summed E-state index contributed by atoms with van der Waals surface area (Å²) in [6, 6.07) is 0. The Kier molecular flexibility index (Phi) is 3.69. The van der Waals surface area contributed by atoms with Crippen LogP contribution in [0.1, 0.15) is 26.6 Å². The molecular formula is C9H17N3O3S. The fraction of sp³-hybridized carbons (Fsp3) is 0.778. The molecule has 7 heteroatoms. The van der Waals surface area contributed by atoms with Crippen LogP contribution in [0.25, 0.3) is 0 Å². The fourth-order valence-corrected chi connectivity index (χ4v) is 2.14. The van der Waals surface area contributed by atoms with Crippen LogP contribution < -0.4 is 0 Å². The van der Waals surface area contributed by atoms with Crippen molar-refractivity contribution in [1.29, 1.82) is 0 Å². The van der Waals surface area contributed by atoms with Crippen LogP contribution in [-0.2, 0) is 23.0 Å². The number of aryl methyl sites for hydroxylation is 1. The second-order valence-corrected chi connectivity index (χ2v) is 7.35. The number of sulfone groups is 1. The topological polar surface area (TPSA) is 85.1 Å². The summed E-state index contributed by atoms with van der Waals surface area (Å²) in [6.45, 7) is 4.97. The van der Waals surface area contributed by atoms with Crippen molar-refractivity contribution in [2.24, 2.45) is 0 Å². The summed E-state index contributed by atoms with van der Waals surface area (Å²) < 4.78 is 24.3. The van der Waals surface area contributed by atoms with Crippen LogP contribution in [0.3, 0.4) is 0 Å². The van der Waals surface area contributed by atoms with E-state index < -0.39 is 14.6 Å². The van der Waals surface area contributed by atoms with Crippen LogP contribution in [0.2, 0.25) is 0 Å². The average molecular weight is 247 g/mol. The molecule has 1 heterocycles. The Labute approximate surface area is 95.2 Å². The maximum Gasteiger partial charge on any atom is 0.157 e. The first-order valence-corrected chi connectivity index (χ1v) is 6.63. The summed E-state index contributed by atoms with van der Waals surface area (Å²) in [5, 5.41) is 12.8. The predicted octanol–water partition coefficient (Wildman–Crippen LogP) is -0.0163. The normalized spacial score (nSPS) is 13.0. The number of hydrogen-bond acceptors (Lipinski definition) is 5. The average Bonchev–Trinajstić information content (AvgIpc) is 2.60. The number of aromatic nitrogens is 3. The van der Waals surface area contributed by atoms with Crippen LogP contribution in [0.5, 0.6) is 0 Å². The summed E-state index contributed by atoms with van der Waals surface area (Å²) >= 11 is 0. The minimum absolute atomic E-state index is 0.00708. The number of hydrogen-bond donors (Lipinski definition) is 1. The molecule has 0 saturated heterocycles. The van der Waals surface area contributed by atoms with Gasteiger partial charge in [-0.05, 0) is 20.8 Å². The smallest absolute Gasteiger partial charge is 0.157 e. The first kappa shape index (κ1) is 13.1. The molecule has 6 nitrogen and oxygen atoms in total. The summed E-state index contributed by atoms with van der Waals surface area (Å²) in [5.74, 6) is 0.372. The number of aliphatic hydroxyl groups excluding tert-OH is 1. The van der Waals surface area contributed by atoms with E-state index in [2.05, 4.69) is 10.1 Å². The van der Waals surface area contributed by atoms with E-state index in [0.29, 0.717) is 5.82 Å². The van der Waals surface area contributed by atoms with Gasteiger partial charge in [0.1, 0.15) is 12.9 Å². The minimum Gasteiger partial charge on any atom is -0.388 e. The zero-order valence-corrected chi connectivity index (χ0v) is 10.5. The maximum atomic E-state index is 11.8. The molecule has 1 N–H and O–H groups in total. The quantitative estimate of drug-likeness (QED) is 0.808. The van der Waals surface area contributed by atoms with Crippen molar-refractivity contribution in [2.45, 2.75) is 38.7 Å². The molecular weight excluding hydrogens is 230 g/mol. The van der Waals surface area contributed by atoms with Crippen molar-refractivity contribution in [3.63, 3.8) is 0 Å². The summed E-state index contributed by atoms with van der Waals surface area (Å²) in [4.78, 5) is 3.80. The molecule has 0 aliphatic rings. The standard InChI is InChI=1S/C9H17N3O3S/c1-9(2,3)16(14,15)5-4-12-8(6-13)10-7-11-12/h7,13H,4-6H2,1-3H3. The van der Waals surface area contributed by atoms with Crippen molar-refractivity contribution >= 4 is 9.84 Å². The van der Waals surface area contributed by atoms with Gasteiger partial charge in [-0.2, -0.15) is 5.10 Å². The van der Waals surface area contributed by atoms with Crippen molar-refractivity contribution in [2.75, 3.05) is 5.75 Å². The highest BCUT2D eigenvalue weighted by Crippen LogP contribution is 2.16. The lowest BCUT2D eigenvalue weighted by atomic mass is 10.3. The largest absolute Gasteiger partial charge is 0.388 e. The van der Waals surface area contributed by atoms with E-state index in [0.717, 1.165) is 0 Å². The van der Waals surface area contributed by atoms with E-state index >= 15 is 0 Å². The van der Waals surface area contributed by atoms with E-state index in [1.54, 1.807) is 20.8 Å². The van der Waals surface area contributed by atoms with E-state index in [9.17, 15) is 8.42 Å². The van der Waals surface area contributed by atoms with Crippen molar-refractivity contribution < 1.29 is 13.5 Å². The Hall–Kier alpha value is -0.950. The third-order valence-electron chi connectivity index (χ3n) is 2.34. The van der Waals surface area contributed by atoms with Crippen molar-refractivity contribution in [3.8, 4) is 0 Å². The third-order valence-corrected chi connectivity index (χ3v) is 4.93. The van der Waals surface area contributed by atoms with Gasteiger partial charge in [0, 0.05) is 0 Å². The molecule has 0 aliphatic heterocycles. The maximum absolute atomic E-state index is 11.8. The SMILES string of the molecule is CC(C)(C)S(=O)(=O)CCn1ncnc1CO. The molecule has 0 unspecified atom stereocenters. The van der Waals surface area contributed by atoms with Gasteiger partial charge in [-0.25, -0.2) is 18.1 Å². The van der Waals surface area contributed by atoms with Crippen LogP contribution in [0.4, 0.5) is 0 Å². The molecule has 0 fully saturated rings. The van der Waals surface area contributed by atoms with Crippen LogP contribution in [0, 0.1) is 0 Å². The molecule has 0 atom stereocenters. The van der Waals surface area contributed by atoms with E-state index in [4.69, 9.17) is 5.11 Å². The van der Waals surface area contributed by atoms with E-state index in [1.165, 1.54) is 11.0 Å². The summed E-state index contributed by atoms with van der Waals surface area (Å²) in [5.41, 5.74) is 0. The molecule has 0 spiro atoms. The third kappa shape index (κ3) is 2.79. The highest BCUT2D eigenvalue weighted by Gasteiger charge is 2.28. The summed E-state index contributed by atoms with van der Waals surface area (Å²) in [6.07, 6.45) is 1.30. The molecule has 1 aromatic rings. The Bertz CT molecular complexity index is 445. The summed E-state index contributed by atoms with van der Waals surface area (Å²) in [7, 11) is -3.17. The van der Waals surface area contributed by atoms with Gasteiger partial charge in [-0.3, -0.25) is 0 Å². The van der Waals surface area contributed by atoms with Gasteiger partial charge in [0.15, 0.2) is 15.7 Å². The first-order valence-electron chi connectivity index (χ1n) is 4.98. The van der Waals surface area contributed by atoms with Gasteiger partial charge in [0.2, 0.25) is 0 Å². The zero-order valence-electron chi connectivity index (χ0n) is 9.71. The first-order chi connectivity index (χ1) is 7.28. The van der Waals surface area contributed by atoms with Gasteiger partial charge in [-0.15, -0.1) is 0 Å². The van der Waals surface area contributed by atoms with Crippen LogP contribution in [0.15, 0.2) is 6.33 Å². The lowest BCUT2D eigenvalue weighted by Gasteiger charge is -2.19. The molecule has 92 valence electrons.